The van der Waals surface area contributed by atoms with Crippen LogP contribution in [0.15, 0.2) is 65.4 Å². The van der Waals surface area contributed by atoms with Crippen molar-refractivity contribution in [2.75, 3.05) is 25.2 Å². The number of hydrogen-bond acceptors (Lipinski definition) is 9. The third kappa shape index (κ3) is 8.75. The van der Waals surface area contributed by atoms with Gasteiger partial charge in [0.2, 0.25) is 0 Å². The van der Waals surface area contributed by atoms with Crippen molar-refractivity contribution in [1.29, 1.82) is 0 Å². The van der Waals surface area contributed by atoms with Gasteiger partial charge in [-0.1, -0.05) is 36.4 Å². The second-order valence-electron chi connectivity index (χ2n) is 7.53. The Bertz CT molecular complexity index is 1050. The number of benzene rings is 1. The molecule has 1 aromatic heterocycles. The molecule has 35 heavy (non-hydrogen) atoms. The SMILES string of the molecule is C#CCCOC(=O)Nc1cccc(CON/N=C(/C=C2/CCCCN2NCO)c2ccccc2)n1. The van der Waals surface area contributed by atoms with E-state index < -0.39 is 6.09 Å². The first-order chi connectivity index (χ1) is 17.2. The van der Waals surface area contributed by atoms with E-state index in [9.17, 15) is 9.90 Å². The number of ether oxygens (including phenoxy) is 1. The van der Waals surface area contributed by atoms with Gasteiger partial charge in [-0.05, 0) is 37.5 Å². The van der Waals surface area contributed by atoms with Crippen LogP contribution in [-0.2, 0) is 16.2 Å². The fourth-order valence-corrected chi connectivity index (χ4v) is 3.38. The van der Waals surface area contributed by atoms with Gasteiger partial charge in [0.1, 0.15) is 25.8 Å². The summed E-state index contributed by atoms with van der Waals surface area (Å²) < 4.78 is 4.96. The molecule has 1 saturated heterocycles. The molecule has 3 rings (SSSR count). The van der Waals surface area contributed by atoms with Gasteiger partial charge < -0.3 is 14.9 Å². The second-order valence-corrected chi connectivity index (χ2v) is 7.53. The molecule has 0 bridgehead atoms. The molecular formula is C25H30N6O4. The lowest BCUT2D eigenvalue weighted by molar-refractivity contribution is 0.0281. The van der Waals surface area contributed by atoms with E-state index in [0.29, 0.717) is 23.6 Å². The van der Waals surface area contributed by atoms with Crippen LogP contribution >= 0.6 is 0 Å². The van der Waals surface area contributed by atoms with Gasteiger partial charge in [0.15, 0.2) is 0 Å². The number of anilines is 1. The van der Waals surface area contributed by atoms with E-state index in [1.165, 1.54) is 0 Å². The van der Waals surface area contributed by atoms with Gasteiger partial charge in [0.25, 0.3) is 0 Å². The fraction of sp³-hybridized carbons (Fsp3) is 0.320. The zero-order valence-electron chi connectivity index (χ0n) is 19.4. The highest BCUT2D eigenvalue weighted by molar-refractivity contribution is 6.08. The number of piperidine rings is 1. The monoisotopic (exact) mass is 478 g/mol. The number of carbonyl (C=O) groups is 1. The molecule has 1 amide bonds. The Morgan fingerprint density at radius 3 is 2.89 bits per heavy atom. The second kappa shape index (κ2) is 14.4. The molecule has 0 spiro atoms. The average Bonchev–Trinajstić information content (AvgIpc) is 2.88. The van der Waals surface area contributed by atoms with Crippen molar-refractivity contribution in [3.05, 3.63) is 71.6 Å². The summed E-state index contributed by atoms with van der Waals surface area (Å²) in [6, 6.07) is 14.9. The van der Waals surface area contributed by atoms with Crippen LogP contribution in [-0.4, -0.2) is 46.8 Å². The standard InChI is InChI=1S/C25H30N6O4/c1-2-3-16-34-25(33)28-24-14-9-12-21(27-24)18-35-30-29-23(20-10-5-4-6-11-20)17-22-13-7-8-15-31(22)26-19-32/h1,4-6,9-12,14,17,26,30,32H,3,7-8,13,15-16,18-19H2,(H,27,28,33)/b22-17-,29-23-. The first kappa shape index (κ1) is 25.7. The van der Waals surface area contributed by atoms with Crippen LogP contribution in [0.5, 0.6) is 0 Å². The maximum Gasteiger partial charge on any atom is 0.412 e. The number of amides is 1. The molecule has 0 aliphatic carbocycles. The minimum absolute atomic E-state index is 0.113. The number of terminal acetylenes is 1. The molecule has 184 valence electrons. The number of aliphatic hydroxyl groups excluding tert-OH is 1. The van der Waals surface area contributed by atoms with Crippen LogP contribution in [0.3, 0.4) is 0 Å². The smallest absolute Gasteiger partial charge is 0.412 e. The number of carbonyl (C=O) groups excluding carboxylic acids is 1. The molecule has 1 fully saturated rings. The van der Waals surface area contributed by atoms with Gasteiger partial charge >= 0.3 is 6.09 Å². The van der Waals surface area contributed by atoms with Gasteiger partial charge in [-0.25, -0.2) is 15.2 Å². The quantitative estimate of drug-likeness (QED) is 0.128. The summed E-state index contributed by atoms with van der Waals surface area (Å²) in [7, 11) is 0. The highest BCUT2D eigenvalue weighted by Crippen LogP contribution is 2.19. The van der Waals surface area contributed by atoms with Gasteiger partial charge in [-0.15, -0.1) is 12.3 Å². The third-order valence-electron chi connectivity index (χ3n) is 5.01. The zero-order chi connectivity index (χ0) is 24.7. The molecule has 0 radical (unpaired) electrons. The topological polar surface area (TPSA) is 120 Å². The van der Waals surface area contributed by atoms with Gasteiger partial charge in [0.05, 0.1) is 11.4 Å². The molecule has 0 atom stereocenters. The summed E-state index contributed by atoms with van der Waals surface area (Å²) in [6.07, 6.45) is 9.82. The summed E-state index contributed by atoms with van der Waals surface area (Å²) in [5, 5.41) is 18.2. The molecule has 0 saturated carbocycles. The number of aliphatic hydroxyl groups is 1. The Hall–Kier alpha value is -3.91. The Labute approximate surface area is 205 Å². The third-order valence-corrected chi connectivity index (χ3v) is 5.01. The molecular weight excluding hydrogens is 448 g/mol. The minimum Gasteiger partial charge on any atom is -0.448 e. The predicted molar refractivity (Wildman–Crippen MR) is 132 cm³/mol. The summed E-state index contributed by atoms with van der Waals surface area (Å²) in [5.41, 5.74) is 8.83. The van der Waals surface area contributed by atoms with E-state index in [-0.39, 0.29) is 19.9 Å². The van der Waals surface area contributed by atoms with Crippen LogP contribution in [0.2, 0.25) is 0 Å². The summed E-state index contributed by atoms with van der Waals surface area (Å²) in [6.45, 7) is 0.925. The molecule has 10 nitrogen and oxygen atoms in total. The minimum atomic E-state index is -0.624. The first-order valence-electron chi connectivity index (χ1n) is 11.3. The molecule has 1 aliphatic heterocycles. The summed E-state index contributed by atoms with van der Waals surface area (Å²) in [4.78, 5) is 21.6. The number of nitrogens with one attached hydrogen (secondary N) is 3. The van der Waals surface area contributed by atoms with Crippen molar-refractivity contribution in [2.45, 2.75) is 32.3 Å². The van der Waals surface area contributed by atoms with E-state index in [2.05, 4.69) is 32.3 Å². The Morgan fingerprint density at radius 1 is 1.23 bits per heavy atom. The molecule has 1 aliphatic rings. The van der Waals surface area contributed by atoms with Crippen LogP contribution in [0.25, 0.3) is 0 Å². The molecule has 4 N–H and O–H groups in total. The summed E-state index contributed by atoms with van der Waals surface area (Å²) in [5.74, 6) is 2.74. The van der Waals surface area contributed by atoms with Gasteiger partial charge in [-0.3, -0.25) is 10.2 Å². The number of rotatable bonds is 11. The van der Waals surface area contributed by atoms with Crippen molar-refractivity contribution in [1.82, 2.24) is 21.0 Å². The average molecular weight is 479 g/mol. The van der Waals surface area contributed by atoms with Crippen LogP contribution in [0.1, 0.15) is 36.9 Å². The lowest BCUT2D eigenvalue weighted by Gasteiger charge is -2.31. The van der Waals surface area contributed by atoms with E-state index in [1.54, 1.807) is 18.2 Å². The van der Waals surface area contributed by atoms with Gasteiger partial charge in [-0.2, -0.15) is 10.7 Å². The Balaban J connectivity index is 1.62. The van der Waals surface area contributed by atoms with Crippen molar-refractivity contribution >= 4 is 17.6 Å². The number of nitrogens with zero attached hydrogens (tertiary/aromatic N) is 3. The molecule has 2 aromatic rings. The highest BCUT2D eigenvalue weighted by Gasteiger charge is 2.15. The molecule has 0 unspecified atom stereocenters. The maximum absolute atomic E-state index is 11.8. The van der Waals surface area contributed by atoms with E-state index >= 15 is 0 Å². The molecule has 2 heterocycles. The lowest BCUT2D eigenvalue weighted by Crippen LogP contribution is -2.40. The van der Waals surface area contributed by atoms with Crippen LogP contribution in [0, 0.1) is 12.3 Å². The first-order valence-corrected chi connectivity index (χ1v) is 11.3. The maximum atomic E-state index is 11.8. The normalized spacial score (nSPS) is 14.9. The fourth-order valence-electron chi connectivity index (χ4n) is 3.38. The van der Waals surface area contributed by atoms with Gasteiger partial charge in [0, 0.05) is 24.2 Å². The van der Waals surface area contributed by atoms with Crippen molar-refractivity contribution in [3.63, 3.8) is 0 Å². The number of hydrazine groups is 1. The predicted octanol–water partition coefficient (Wildman–Crippen LogP) is 2.90. The largest absolute Gasteiger partial charge is 0.448 e. The van der Waals surface area contributed by atoms with Crippen molar-refractivity contribution in [3.8, 4) is 12.3 Å². The van der Waals surface area contributed by atoms with E-state index in [0.717, 1.165) is 37.1 Å². The Morgan fingerprint density at radius 2 is 2.09 bits per heavy atom. The number of hydrogen-bond donors (Lipinski definition) is 4. The Kier molecular flexibility index (Phi) is 10.6. The zero-order valence-corrected chi connectivity index (χ0v) is 19.4. The van der Waals surface area contributed by atoms with Crippen LogP contribution in [0.4, 0.5) is 10.6 Å². The summed E-state index contributed by atoms with van der Waals surface area (Å²) >= 11 is 0. The van der Waals surface area contributed by atoms with Crippen LogP contribution < -0.4 is 16.3 Å². The van der Waals surface area contributed by atoms with E-state index in [1.807, 2.05) is 41.4 Å². The number of hydrazone groups is 1. The number of allylic oxidation sites excluding steroid dienone is 2. The highest BCUT2D eigenvalue weighted by atomic mass is 16.7. The lowest BCUT2D eigenvalue weighted by atomic mass is 10.0. The number of aromatic nitrogens is 1. The molecule has 10 heteroatoms. The number of pyridine rings is 1. The van der Waals surface area contributed by atoms with E-state index in [4.69, 9.17) is 16.0 Å². The molecule has 1 aromatic carbocycles. The van der Waals surface area contributed by atoms with Crippen molar-refractivity contribution in [2.24, 2.45) is 5.10 Å². The van der Waals surface area contributed by atoms with Crippen molar-refractivity contribution < 1.29 is 19.5 Å².